The standard InChI is InChI=1S/C25H23N3O5/c29-20(30)14-27-19-13-7-6-12-18(19)21(15-8-2-1-3-9-15)26-22(25(27)33)28-23(31)16-10-4-5-11-17(16)24(28)32/h4-7,10-13,15,22H,1-3,8-9,14H2,(H,29,30). The summed E-state index contributed by atoms with van der Waals surface area (Å²) in [5.41, 5.74) is 2.21. The van der Waals surface area contributed by atoms with E-state index in [4.69, 9.17) is 4.99 Å². The van der Waals surface area contributed by atoms with E-state index in [0.717, 1.165) is 41.9 Å². The van der Waals surface area contributed by atoms with Gasteiger partial charge in [0, 0.05) is 11.5 Å². The van der Waals surface area contributed by atoms with Gasteiger partial charge < -0.3 is 5.11 Å². The molecule has 2 aromatic carbocycles. The number of aliphatic carboxylic acids is 1. The molecule has 2 heterocycles. The maximum atomic E-state index is 13.7. The number of amides is 3. The SMILES string of the molecule is O=C(O)CN1C(=O)C(N2C(=O)c3ccccc3C2=O)N=C(C2CCCCC2)c2ccccc21. The Bertz CT molecular complexity index is 1160. The second kappa shape index (κ2) is 8.27. The van der Waals surface area contributed by atoms with Crippen LogP contribution in [-0.2, 0) is 9.59 Å². The Kier molecular flexibility index (Phi) is 5.28. The molecule has 8 nitrogen and oxygen atoms in total. The van der Waals surface area contributed by atoms with Crippen molar-refractivity contribution in [2.75, 3.05) is 11.4 Å². The Morgan fingerprint density at radius 3 is 2.06 bits per heavy atom. The number of carboxylic acids is 1. The molecular formula is C25H23N3O5. The van der Waals surface area contributed by atoms with Crippen molar-refractivity contribution in [3.8, 4) is 0 Å². The van der Waals surface area contributed by atoms with Gasteiger partial charge in [-0.15, -0.1) is 0 Å². The fourth-order valence-electron chi connectivity index (χ4n) is 5.04. The zero-order chi connectivity index (χ0) is 23.1. The molecule has 3 amide bonds. The first-order valence-corrected chi connectivity index (χ1v) is 11.1. The smallest absolute Gasteiger partial charge is 0.323 e. The Hall–Kier alpha value is -3.81. The molecule has 0 aromatic heterocycles. The number of benzodiazepines with no additional fused rings is 1. The topological polar surface area (TPSA) is 107 Å². The minimum absolute atomic E-state index is 0.0650. The number of hydrogen-bond acceptors (Lipinski definition) is 5. The molecule has 1 saturated carbocycles. The number of carbonyl (C=O) groups excluding carboxylic acids is 3. The second-order valence-corrected chi connectivity index (χ2v) is 8.58. The number of fused-ring (bicyclic) bond motifs is 2. The lowest BCUT2D eigenvalue weighted by atomic mass is 9.83. The highest BCUT2D eigenvalue weighted by Crippen LogP contribution is 2.36. The van der Waals surface area contributed by atoms with Gasteiger partial charge in [0.2, 0.25) is 6.17 Å². The van der Waals surface area contributed by atoms with Crippen molar-refractivity contribution in [1.29, 1.82) is 0 Å². The summed E-state index contributed by atoms with van der Waals surface area (Å²) in [6, 6.07) is 13.5. The van der Waals surface area contributed by atoms with Gasteiger partial charge in [0.1, 0.15) is 6.54 Å². The predicted octanol–water partition coefficient (Wildman–Crippen LogP) is 3.11. The Morgan fingerprint density at radius 1 is 0.879 bits per heavy atom. The van der Waals surface area contributed by atoms with Crippen molar-refractivity contribution < 1.29 is 24.3 Å². The summed E-state index contributed by atoms with van der Waals surface area (Å²) in [6.07, 6.45) is 3.48. The highest BCUT2D eigenvalue weighted by molar-refractivity contribution is 6.24. The fourth-order valence-corrected chi connectivity index (χ4v) is 5.04. The molecule has 8 heteroatoms. The van der Waals surface area contributed by atoms with E-state index in [-0.39, 0.29) is 17.0 Å². The molecule has 3 aliphatic rings. The number of imide groups is 1. The van der Waals surface area contributed by atoms with E-state index in [1.54, 1.807) is 36.4 Å². The van der Waals surface area contributed by atoms with Crippen molar-refractivity contribution in [1.82, 2.24) is 4.90 Å². The summed E-state index contributed by atoms with van der Waals surface area (Å²) in [5, 5.41) is 9.53. The number of hydrogen-bond donors (Lipinski definition) is 1. The van der Waals surface area contributed by atoms with Crippen LogP contribution in [0.3, 0.4) is 0 Å². The van der Waals surface area contributed by atoms with Crippen molar-refractivity contribution >= 4 is 35.1 Å². The van der Waals surface area contributed by atoms with Crippen molar-refractivity contribution in [2.45, 2.75) is 38.3 Å². The van der Waals surface area contributed by atoms with E-state index in [2.05, 4.69) is 0 Å². The molecule has 1 atom stereocenters. The number of para-hydroxylation sites is 1. The summed E-state index contributed by atoms with van der Waals surface area (Å²) in [6.45, 7) is -0.594. The lowest BCUT2D eigenvalue weighted by Crippen LogP contribution is -2.51. The first kappa shape index (κ1) is 21.1. The molecule has 1 aliphatic carbocycles. The summed E-state index contributed by atoms with van der Waals surface area (Å²) in [4.78, 5) is 58.6. The number of anilines is 1. The lowest BCUT2D eigenvalue weighted by molar-refractivity contribution is -0.137. The summed E-state index contributed by atoms with van der Waals surface area (Å²) < 4.78 is 0. The Morgan fingerprint density at radius 2 is 1.45 bits per heavy atom. The Labute approximate surface area is 190 Å². The molecule has 0 spiro atoms. The number of carbonyl (C=O) groups is 4. The quantitative estimate of drug-likeness (QED) is 0.728. The van der Waals surface area contributed by atoms with Gasteiger partial charge in [-0.2, -0.15) is 0 Å². The molecule has 0 saturated heterocycles. The van der Waals surface area contributed by atoms with Crippen LogP contribution in [0.5, 0.6) is 0 Å². The summed E-state index contributed by atoms with van der Waals surface area (Å²) in [5.74, 6) is -3.02. The van der Waals surface area contributed by atoms with Crippen LogP contribution in [-0.4, -0.2) is 52.1 Å². The predicted molar refractivity (Wildman–Crippen MR) is 120 cm³/mol. The third-order valence-electron chi connectivity index (χ3n) is 6.57. The molecule has 0 bridgehead atoms. The Balaban J connectivity index is 1.67. The number of rotatable bonds is 4. The van der Waals surface area contributed by atoms with Crippen LogP contribution in [0.4, 0.5) is 5.69 Å². The average Bonchev–Trinajstić information content (AvgIpc) is 3.01. The van der Waals surface area contributed by atoms with E-state index >= 15 is 0 Å². The monoisotopic (exact) mass is 445 g/mol. The maximum Gasteiger partial charge on any atom is 0.323 e. The van der Waals surface area contributed by atoms with Gasteiger partial charge >= 0.3 is 5.97 Å². The molecular weight excluding hydrogens is 422 g/mol. The van der Waals surface area contributed by atoms with Crippen LogP contribution in [0.25, 0.3) is 0 Å². The van der Waals surface area contributed by atoms with E-state index in [0.29, 0.717) is 17.0 Å². The van der Waals surface area contributed by atoms with Crippen molar-refractivity contribution in [3.63, 3.8) is 0 Å². The molecule has 168 valence electrons. The average molecular weight is 445 g/mol. The van der Waals surface area contributed by atoms with Gasteiger partial charge in [0.25, 0.3) is 17.7 Å². The van der Waals surface area contributed by atoms with Crippen molar-refractivity contribution in [2.24, 2.45) is 10.9 Å². The highest BCUT2D eigenvalue weighted by atomic mass is 16.4. The first-order valence-electron chi connectivity index (χ1n) is 11.1. The van der Waals surface area contributed by atoms with E-state index < -0.39 is 36.4 Å². The van der Waals surface area contributed by atoms with Crippen molar-refractivity contribution in [3.05, 3.63) is 65.2 Å². The molecule has 5 rings (SSSR count). The zero-order valence-electron chi connectivity index (χ0n) is 17.9. The minimum Gasteiger partial charge on any atom is -0.480 e. The third-order valence-corrected chi connectivity index (χ3v) is 6.57. The van der Waals surface area contributed by atoms with Crippen LogP contribution >= 0.6 is 0 Å². The van der Waals surface area contributed by atoms with Gasteiger partial charge in [-0.3, -0.25) is 29.1 Å². The van der Waals surface area contributed by atoms with Gasteiger partial charge in [-0.25, -0.2) is 4.90 Å². The van der Waals surface area contributed by atoms with Gasteiger partial charge in [-0.1, -0.05) is 49.6 Å². The molecule has 1 N–H and O–H groups in total. The van der Waals surface area contributed by atoms with Gasteiger partial charge in [-0.05, 0) is 31.0 Å². The number of nitrogens with zero attached hydrogens (tertiary/aromatic N) is 3. The van der Waals surface area contributed by atoms with Crippen LogP contribution in [0.2, 0.25) is 0 Å². The lowest BCUT2D eigenvalue weighted by Gasteiger charge is -2.27. The molecule has 0 radical (unpaired) electrons. The zero-order valence-corrected chi connectivity index (χ0v) is 17.9. The number of aliphatic imine (C=N–C) groups is 1. The van der Waals surface area contributed by atoms with E-state index in [9.17, 15) is 24.3 Å². The molecule has 2 aromatic rings. The summed E-state index contributed by atoms with van der Waals surface area (Å²) in [7, 11) is 0. The normalized spacial score (nSPS) is 20.9. The largest absolute Gasteiger partial charge is 0.480 e. The van der Waals surface area contributed by atoms with E-state index in [1.807, 2.05) is 12.1 Å². The minimum atomic E-state index is -1.46. The maximum absolute atomic E-state index is 13.7. The number of carboxylic acid groups (broad SMARTS) is 1. The summed E-state index contributed by atoms with van der Waals surface area (Å²) >= 11 is 0. The van der Waals surface area contributed by atoms with Crippen LogP contribution in [0.15, 0.2) is 53.5 Å². The van der Waals surface area contributed by atoms with E-state index in [1.165, 1.54) is 0 Å². The molecule has 1 unspecified atom stereocenters. The number of benzene rings is 2. The second-order valence-electron chi connectivity index (χ2n) is 8.58. The first-order chi connectivity index (χ1) is 16.0. The van der Waals surface area contributed by atoms with Crippen LogP contribution in [0.1, 0.15) is 58.4 Å². The highest BCUT2D eigenvalue weighted by Gasteiger charge is 2.46. The molecule has 2 aliphatic heterocycles. The molecule has 33 heavy (non-hydrogen) atoms. The van der Waals surface area contributed by atoms with Crippen LogP contribution in [0, 0.1) is 5.92 Å². The fraction of sp³-hybridized carbons (Fsp3) is 0.320. The van der Waals surface area contributed by atoms with Gasteiger partial charge in [0.05, 0.1) is 22.5 Å². The van der Waals surface area contributed by atoms with Gasteiger partial charge in [0.15, 0.2) is 0 Å². The molecule has 1 fully saturated rings. The third kappa shape index (κ3) is 3.51. The van der Waals surface area contributed by atoms with Crippen LogP contribution < -0.4 is 4.90 Å².